The zero-order valence-electron chi connectivity index (χ0n) is 15.2. The number of nitrogens with one attached hydrogen (secondary N) is 1. The number of hydrogen-bond acceptors (Lipinski definition) is 3. The van der Waals surface area contributed by atoms with Crippen molar-refractivity contribution in [1.82, 2.24) is 10.2 Å². The molecular formula is C21H23FN2O3. The molecule has 2 aromatic carbocycles. The molecule has 0 aromatic heterocycles. The number of piperidine rings is 1. The van der Waals surface area contributed by atoms with Gasteiger partial charge in [-0.05, 0) is 56.2 Å². The Morgan fingerprint density at radius 1 is 1.07 bits per heavy atom. The van der Waals surface area contributed by atoms with Crippen molar-refractivity contribution in [3.05, 3.63) is 66.0 Å². The Hall–Kier alpha value is -2.89. The fourth-order valence-corrected chi connectivity index (χ4v) is 3.13. The first-order valence-corrected chi connectivity index (χ1v) is 9.10. The quantitative estimate of drug-likeness (QED) is 0.880. The van der Waals surface area contributed by atoms with Gasteiger partial charge in [-0.2, -0.15) is 0 Å². The van der Waals surface area contributed by atoms with Crippen LogP contribution in [0.1, 0.15) is 30.1 Å². The summed E-state index contributed by atoms with van der Waals surface area (Å²) in [6.45, 7) is 2.82. The van der Waals surface area contributed by atoms with Crippen LogP contribution in [0.5, 0.6) is 5.75 Å². The Bertz CT molecular complexity index is 772. The van der Waals surface area contributed by atoms with Crippen molar-refractivity contribution in [3.63, 3.8) is 0 Å². The van der Waals surface area contributed by atoms with Crippen molar-refractivity contribution in [2.45, 2.75) is 31.9 Å². The molecule has 1 N–H and O–H groups in total. The minimum absolute atomic E-state index is 0.0510. The number of rotatable bonds is 5. The van der Waals surface area contributed by atoms with Gasteiger partial charge in [0.05, 0.1) is 0 Å². The minimum atomic E-state index is -0.647. The number of ether oxygens (including phenoxy) is 1. The maximum Gasteiger partial charge on any atom is 0.263 e. The Kier molecular flexibility index (Phi) is 6.06. The summed E-state index contributed by atoms with van der Waals surface area (Å²) in [5, 5.41) is 3.03. The molecule has 1 atom stereocenters. The largest absolute Gasteiger partial charge is 0.481 e. The third kappa shape index (κ3) is 5.06. The Morgan fingerprint density at radius 3 is 2.33 bits per heavy atom. The molecule has 2 aromatic rings. The highest BCUT2D eigenvalue weighted by Crippen LogP contribution is 2.17. The lowest BCUT2D eigenvalue weighted by atomic mass is 10.0. The molecule has 6 heteroatoms. The number of carbonyl (C=O) groups excluding carboxylic acids is 2. The molecule has 0 aliphatic carbocycles. The van der Waals surface area contributed by atoms with Gasteiger partial charge in [0.2, 0.25) is 0 Å². The lowest BCUT2D eigenvalue weighted by Gasteiger charge is -2.33. The van der Waals surface area contributed by atoms with Crippen molar-refractivity contribution < 1.29 is 18.7 Å². The number of likely N-dealkylation sites (tertiary alicyclic amines) is 1. The van der Waals surface area contributed by atoms with Crippen molar-refractivity contribution in [2.75, 3.05) is 13.1 Å². The van der Waals surface area contributed by atoms with Crippen LogP contribution < -0.4 is 10.1 Å². The van der Waals surface area contributed by atoms with E-state index < -0.39 is 6.10 Å². The molecule has 1 aliphatic heterocycles. The van der Waals surface area contributed by atoms with Crippen molar-refractivity contribution in [1.29, 1.82) is 0 Å². The molecule has 2 amide bonds. The summed E-state index contributed by atoms with van der Waals surface area (Å²) in [7, 11) is 0. The van der Waals surface area contributed by atoms with Crippen LogP contribution >= 0.6 is 0 Å². The van der Waals surface area contributed by atoms with Gasteiger partial charge in [0.1, 0.15) is 11.6 Å². The Labute approximate surface area is 158 Å². The second kappa shape index (κ2) is 8.66. The summed E-state index contributed by atoms with van der Waals surface area (Å²) in [4.78, 5) is 26.5. The highest BCUT2D eigenvalue weighted by molar-refractivity contribution is 5.94. The van der Waals surface area contributed by atoms with Gasteiger partial charge in [0.25, 0.3) is 11.8 Å². The van der Waals surface area contributed by atoms with Gasteiger partial charge in [0, 0.05) is 24.7 Å². The molecule has 1 unspecified atom stereocenters. The molecule has 1 heterocycles. The highest BCUT2D eigenvalue weighted by Gasteiger charge is 2.27. The average Bonchev–Trinajstić information content (AvgIpc) is 2.70. The van der Waals surface area contributed by atoms with Crippen LogP contribution in [0.15, 0.2) is 54.6 Å². The van der Waals surface area contributed by atoms with Crippen molar-refractivity contribution >= 4 is 11.8 Å². The first-order chi connectivity index (χ1) is 13.0. The van der Waals surface area contributed by atoms with Gasteiger partial charge >= 0.3 is 0 Å². The molecule has 142 valence electrons. The summed E-state index contributed by atoms with van der Waals surface area (Å²) in [5.74, 6) is -0.0799. The molecule has 0 bridgehead atoms. The van der Waals surface area contributed by atoms with E-state index in [9.17, 15) is 14.0 Å². The number of nitrogens with zero attached hydrogens (tertiary/aromatic N) is 1. The molecule has 3 rings (SSSR count). The zero-order chi connectivity index (χ0) is 19.2. The Morgan fingerprint density at radius 2 is 1.70 bits per heavy atom. The monoisotopic (exact) mass is 370 g/mol. The summed E-state index contributed by atoms with van der Waals surface area (Å²) in [5.41, 5.74) is 0.636. The average molecular weight is 370 g/mol. The molecule has 5 nitrogen and oxygen atoms in total. The third-order valence-corrected chi connectivity index (χ3v) is 4.65. The van der Waals surface area contributed by atoms with E-state index in [1.54, 1.807) is 24.0 Å². The Balaban J connectivity index is 1.47. The number of carbonyl (C=O) groups is 2. The van der Waals surface area contributed by atoms with Crippen LogP contribution in [0.2, 0.25) is 0 Å². The number of benzene rings is 2. The molecule has 1 saturated heterocycles. The fraction of sp³-hybridized carbons (Fsp3) is 0.333. The lowest BCUT2D eigenvalue weighted by molar-refractivity contribution is -0.139. The minimum Gasteiger partial charge on any atom is -0.481 e. The van der Waals surface area contributed by atoms with Crippen LogP contribution in [0.3, 0.4) is 0 Å². The summed E-state index contributed by atoms with van der Waals surface area (Å²) >= 11 is 0. The van der Waals surface area contributed by atoms with Crippen LogP contribution in [0, 0.1) is 5.82 Å². The number of halogens is 1. The number of amides is 2. The van der Waals surface area contributed by atoms with Gasteiger partial charge in [-0.25, -0.2) is 4.39 Å². The molecule has 0 radical (unpaired) electrons. The molecule has 1 fully saturated rings. The summed E-state index contributed by atoms with van der Waals surface area (Å²) < 4.78 is 18.6. The first kappa shape index (κ1) is 18.9. The van der Waals surface area contributed by atoms with Crippen LogP contribution in [0.25, 0.3) is 0 Å². The molecule has 0 saturated carbocycles. The van der Waals surface area contributed by atoms with E-state index in [1.807, 2.05) is 18.2 Å². The standard InChI is InChI=1S/C21H23FN2O3/c1-15(27-19-9-7-17(22)8-10-19)21(26)24-13-11-18(12-14-24)23-20(25)16-5-3-2-4-6-16/h2-10,15,18H,11-14H2,1H3,(H,23,25). The summed E-state index contributed by atoms with van der Waals surface area (Å²) in [6.07, 6.45) is 0.757. The second-order valence-electron chi connectivity index (χ2n) is 6.65. The van der Waals surface area contributed by atoms with Gasteiger partial charge in [-0.3, -0.25) is 9.59 Å². The predicted molar refractivity (Wildman–Crippen MR) is 100 cm³/mol. The molecule has 1 aliphatic rings. The van der Waals surface area contributed by atoms with Gasteiger partial charge in [0.15, 0.2) is 6.10 Å². The zero-order valence-corrected chi connectivity index (χ0v) is 15.2. The smallest absolute Gasteiger partial charge is 0.263 e. The molecular weight excluding hydrogens is 347 g/mol. The van der Waals surface area contributed by atoms with Crippen molar-refractivity contribution in [2.24, 2.45) is 0 Å². The van der Waals surface area contributed by atoms with Crippen LogP contribution in [0.4, 0.5) is 4.39 Å². The second-order valence-corrected chi connectivity index (χ2v) is 6.65. The van der Waals surface area contributed by atoms with E-state index in [2.05, 4.69) is 5.32 Å². The van der Waals surface area contributed by atoms with E-state index in [4.69, 9.17) is 4.74 Å². The van der Waals surface area contributed by atoms with Crippen molar-refractivity contribution in [3.8, 4) is 5.75 Å². The number of hydrogen-bond donors (Lipinski definition) is 1. The maximum atomic E-state index is 12.9. The highest BCUT2D eigenvalue weighted by atomic mass is 19.1. The van der Waals surface area contributed by atoms with Crippen LogP contribution in [-0.2, 0) is 4.79 Å². The predicted octanol–water partition coefficient (Wildman–Crippen LogP) is 3.01. The van der Waals surface area contributed by atoms with E-state index in [0.29, 0.717) is 37.2 Å². The van der Waals surface area contributed by atoms with Crippen LogP contribution in [-0.4, -0.2) is 41.9 Å². The van der Waals surface area contributed by atoms with E-state index in [-0.39, 0.29) is 23.7 Å². The van der Waals surface area contributed by atoms with Gasteiger partial charge < -0.3 is 15.0 Å². The lowest BCUT2D eigenvalue weighted by Crippen LogP contribution is -2.49. The fourth-order valence-electron chi connectivity index (χ4n) is 3.13. The third-order valence-electron chi connectivity index (χ3n) is 4.65. The first-order valence-electron chi connectivity index (χ1n) is 9.10. The van der Waals surface area contributed by atoms with Gasteiger partial charge in [-0.1, -0.05) is 18.2 Å². The molecule has 27 heavy (non-hydrogen) atoms. The van der Waals surface area contributed by atoms with E-state index in [0.717, 1.165) is 0 Å². The SMILES string of the molecule is CC(Oc1ccc(F)cc1)C(=O)N1CCC(NC(=O)c2ccccc2)CC1. The normalized spacial score (nSPS) is 15.9. The molecule has 0 spiro atoms. The topological polar surface area (TPSA) is 58.6 Å². The van der Waals surface area contributed by atoms with Gasteiger partial charge in [-0.15, -0.1) is 0 Å². The van der Waals surface area contributed by atoms with E-state index >= 15 is 0 Å². The maximum absolute atomic E-state index is 12.9. The summed E-state index contributed by atoms with van der Waals surface area (Å²) in [6, 6.07) is 14.8. The van der Waals surface area contributed by atoms with E-state index in [1.165, 1.54) is 24.3 Å².